The summed E-state index contributed by atoms with van der Waals surface area (Å²) in [6.07, 6.45) is 0. The second kappa shape index (κ2) is 3.88. The molecule has 0 aliphatic rings. The molecular weight excluding hydrogens is 154 g/mol. The molecule has 11 heavy (non-hydrogen) atoms. The summed E-state index contributed by atoms with van der Waals surface area (Å²) in [5, 5.41) is 5.61. The monoisotopic (exact) mass is 169 g/mol. The Labute approximate surface area is 72.4 Å². The Hall–Kier alpha value is -0.340. The third-order valence-corrected chi connectivity index (χ3v) is 2.64. The molecule has 62 valence electrons. The van der Waals surface area contributed by atoms with E-state index in [1.54, 1.807) is 0 Å². The number of thiophene rings is 1. The molecule has 0 saturated carbocycles. The van der Waals surface area contributed by atoms with Gasteiger partial charge in [0.1, 0.15) is 0 Å². The van der Waals surface area contributed by atoms with Crippen LogP contribution in [0.3, 0.4) is 0 Å². The van der Waals surface area contributed by atoms with Gasteiger partial charge in [-0.3, -0.25) is 0 Å². The van der Waals surface area contributed by atoms with Gasteiger partial charge in [0.25, 0.3) is 0 Å². The van der Waals surface area contributed by atoms with Gasteiger partial charge in [-0.05, 0) is 37.4 Å². The largest absolute Gasteiger partial charge is 0.310 e. The maximum atomic E-state index is 3.38. The van der Waals surface area contributed by atoms with Crippen molar-refractivity contribution < 1.29 is 0 Å². The van der Waals surface area contributed by atoms with Crippen molar-refractivity contribution in [1.29, 1.82) is 0 Å². The Morgan fingerprint density at radius 3 is 2.82 bits per heavy atom. The minimum atomic E-state index is 0.505. The fourth-order valence-electron chi connectivity index (χ4n) is 1.11. The Bertz CT molecular complexity index is 217. The highest BCUT2D eigenvalue weighted by Crippen LogP contribution is 2.19. The standard InChI is InChI=1S/C9H15NS/c1-4-10-8(3)9-5-7(2)11-6-9/h5-6,8,10H,4H2,1-3H3. The average Bonchev–Trinajstić information content (AvgIpc) is 2.36. The first-order valence-corrected chi connectivity index (χ1v) is 4.90. The Morgan fingerprint density at radius 1 is 1.64 bits per heavy atom. The predicted octanol–water partition coefficient (Wildman–Crippen LogP) is 2.73. The minimum Gasteiger partial charge on any atom is -0.310 e. The third kappa shape index (κ3) is 2.31. The van der Waals surface area contributed by atoms with Crippen LogP contribution in [0.1, 0.15) is 30.3 Å². The molecule has 2 heteroatoms. The van der Waals surface area contributed by atoms with Gasteiger partial charge < -0.3 is 5.32 Å². The van der Waals surface area contributed by atoms with Crippen LogP contribution in [0.25, 0.3) is 0 Å². The highest BCUT2D eigenvalue weighted by molar-refractivity contribution is 7.10. The van der Waals surface area contributed by atoms with E-state index < -0.39 is 0 Å². The van der Waals surface area contributed by atoms with E-state index in [0.717, 1.165) is 6.54 Å². The van der Waals surface area contributed by atoms with E-state index in [9.17, 15) is 0 Å². The quantitative estimate of drug-likeness (QED) is 0.733. The van der Waals surface area contributed by atoms with Crippen LogP contribution >= 0.6 is 11.3 Å². The van der Waals surface area contributed by atoms with Crippen molar-refractivity contribution in [2.75, 3.05) is 6.54 Å². The molecule has 1 aromatic heterocycles. The summed E-state index contributed by atoms with van der Waals surface area (Å²) in [7, 11) is 0. The van der Waals surface area contributed by atoms with Crippen molar-refractivity contribution in [3.63, 3.8) is 0 Å². The fourth-order valence-corrected chi connectivity index (χ4v) is 1.91. The Morgan fingerprint density at radius 2 is 2.36 bits per heavy atom. The average molecular weight is 169 g/mol. The van der Waals surface area contributed by atoms with E-state index in [1.165, 1.54) is 10.4 Å². The van der Waals surface area contributed by atoms with E-state index in [2.05, 4.69) is 37.5 Å². The molecule has 0 saturated heterocycles. The molecule has 0 spiro atoms. The molecule has 0 amide bonds. The number of nitrogens with one attached hydrogen (secondary N) is 1. The van der Waals surface area contributed by atoms with Gasteiger partial charge >= 0.3 is 0 Å². The topological polar surface area (TPSA) is 12.0 Å². The van der Waals surface area contributed by atoms with Crippen molar-refractivity contribution in [3.8, 4) is 0 Å². The van der Waals surface area contributed by atoms with Crippen molar-refractivity contribution in [3.05, 3.63) is 21.9 Å². The predicted molar refractivity (Wildman–Crippen MR) is 51.1 cm³/mol. The highest BCUT2D eigenvalue weighted by atomic mass is 32.1. The smallest absolute Gasteiger partial charge is 0.0300 e. The summed E-state index contributed by atoms with van der Waals surface area (Å²) >= 11 is 1.82. The van der Waals surface area contributed by atoms with E-state index in [-0.39, 0.29) is 0 Å². The summed E-state index contributed by atoms with van der Waals surface area (Å²) in [5.74, 6) is 0. The lowest BCUT2D eigenvalue weighted by Crippen LogP contribution is -2.16. The van der Waals surface area contributed by atoms with E-state index in [4.69, 9.17) is 0 Å². The zero-order chi connectivity index (χ0) is 8.27. The van der Waals surface area contributed by atoms with Gasteiger partial charge in [-0.1, -0.05) is 6.92 Å². The number of aryl methyl sites for hydroxylation is 1. The van der Waals surface area contributed by atoms with Crippen LogP contribution in [0.4, 0.5) is 0 Å². The maximum absolute atomic E-state index is 3.38. The van der Waals surface area contributed by atoms with Crippen molar-refractivity contribution in [2.45, 2.75) is 26.8 Å². The van der Waals surface area contributed by atoms with Crippen LogP contribution < -0.4 is 5.32 Å². The van der Waals surface area contributed by atoms with E-state index in [1.807, 2.05) is 11.3 Å². The highest BCUT2D eigenvalue weighted by Gasteiger charge is 2.03. The van der Waals surface area contributed by atoms with E-state index in [0.29, 0.717) is 6.04 Å². The van der Waals surface area contributed by atoms with Gasteiger partial charge in [-0.15, -0.1) is 11.3 Å². The molecule has 1 rings (SSSR count). The van der Waals surface area contributed by atoms with Gasteiger partial charge in [0, 0.05) is 10.9 Å². The van der Waals surface area contributed by atoms with Gasteiger partial charge in [-0.2, -0.15) is 0 Å². The zero-order valence-electron chi connectivity index (χ0n) is 7.35. The lowest BCUT2D eigenvalue weighted by atomic mass is 10.2. The Balaban J connectivity index is 2.60. The summed E-state index contributed by atoms with van der Waals surface area (Å²) in [6.45, 7) is 7.52. The van der Waals surface area contributed by atoms with Crippen LogP contribution in [0.15, 0.2) is 11.4 Å². The third-order valence-electron chi connectivity index (χ3n) is 1.76. The van der Waals surface area contributed by atoms with Crippen LogP contribution in [0, 0.1) is 6.92 Å². The summed E-state index contributed by atoms with van der Waals surface area (Å²) < 4.78 is 0. The molecule has 0 bridgehead atoms. The lowest BCUT2D eigenvalue weighted by molar-refractivity contribution is 0.599. The van der Waals surface area contributed by atoms with Crippen molar-refractivity contribution in [2.24, 2.45) is 0 Å². The normalized spacial score (nSPS) is 13.4. The zero-order valence-corrected chi connectivity index (χ0v) is 8.16. The number of hydrogen-bond donors (Lipinski definition) is 1. The maximum Gasteiger partial charge on any atom is 0.0300 e. The van der Waals surface area contributed by atoms with Gasteiger partial charge in [-0.25, -0.2) is 0 Å². The minimum absolute atomic E-state index is 0.505. The van der Waals surface area contributed by atoms with Crippen molar-refractivity contribution in [1.82, 2.24) is 5.32 Å². The molecule has 1 aromatic rings. The molecule has 0 aromatic carbocycles. The first-order chi connectivity index (χ1) is 5.24. The second-order valence-electron chi connectivity index (χ2n) is 2.77. The first-order valence-electron chi connectivity index (χ1n) is 4.02. The van der Waals surface area contributed by atoms with E-state index >= 15 is 0 Å². The molecule has 1 unspecified atom stereocenters. The first kappa shape index (κ1) is 8.75. The summed E-state index contributed by atoms with van der Waals surface area (Å²) in [6, 6.07) is 2.75. The summed E-state index contributed by atoms with van der Waals surface area (Å²) in [5.41, 5.74) is 1.41. The molecule has 1 atom stereocenters. The number of rotatable bonds is 3. The van der Waals surface area contributed by atoms with Crippen LogP contribution in [-0.4, -0.2) is 6.54 Å². The van der Waals surface area contributed by atoms with Gasteiger partial charge in [0.2, 0.25) is 0 Å². The molecule has 0 aliphatic carbocycles. The van der Waals surface area contributed by atoms with Gasteiger partial charge in [0.15, 0.2) is 0 Å². The molecular formula is C9H15NS. The van der Waals surface area contributed by atoms with Crippen LogP contribution in [0.2, 0.25) is 0 Å². The summed E-state index contributed by atoms with van der Waals surface area (Å²) in [4.78, 5) is 1.39. The SMILES string of the molecule is CCNC(C)c1csc(C)c1. The Kier molecular flexibility index (Phi) is 3.09. The molecule has 0 fully saturated rings. The number of hydrogen-bond acceptors (Lipinski definition) is 2. The molecule has 0 radical (unpaired) electrons. The van der Waals surface area contributed by atoms with Crippen molar-refractivity contribution >= 4 is 11.3 Å². The van der Waals surface area contributed by atoms with Crippen LogP contribution in [0.5, 0.6) is 0 Å². The molecule has 0 aliphatic heterocycles. The molecule has 1 heterocycles. The fraction of sp³-hybridized carbons (Fsp3) is 0.556. The lowest BCUT2D eigenvalue weighted by Gasteiger charge is -2.09. The molecule has 1 N–H and O–H groups in total. The van der Waals surface area contributed by atoms with Gasteiger partial charge in [0.05, 0.1) is 0 Å². The van der Waals surface area contributed by atoms with Crippen LogP contribution in [-0.2, 0) is 0 Å². The molecule has 1 nitrogen and oxygen atoms in total. The second-order valence-corrected chi connectivity index (χ2v) is 3.89.